The van der Waals surface area contributed by atoms with E-state index >= 15 is 0 Å². The van der Waals surface area contributed by atoms with Crippen LogP contribution >= 0.6 is 15.8 Å². The minimum Gasteiger partial charge on any atom is -0.166 e. The lowest BCUT2D eigenvalue weighted by molar-refractivity contribution is -0.137. The first-order chi connectivity index (χ1) is 22.1. The third-order valence-corrected chi connectivity index (χ3v) is 17.7. The maximum absolute atomic E-state index is 14.2. The van der Waals surface area contributed by atoms with Crippen molar-refractivity contribution >= 4 is 31.8 Å². The van der Waals surface area contributed by atoms with E-state index in [9.17, 15) is 13.2 Å². The van der Waals surface area contributed by atoms with Gasteiger partial charge in [-0.25, -0.2) is 0 Å². The van der Waals surface area contributed by atoms with Gasteiger partial charge >= 0.3 is 6.18 Å². The minimum atomic E-state index is -4.35. The van der Waals surface area contributed by atoms with Crippen molar-refractivity contribution in [3.05, 3.63) is 88.5 Å². The molecule has 3 fully saturated rings. The fraction of sp³-hybridized carbons (Fsp3) is 0.561. The van der Waals surface area contributed by atoms with Crippen molar-refractivity contribution in [2.45, 2.75) is 140 Å². The van der Waals surface area contributed by atoms with E-state index < -0.39 is 19.7 Å². The summed E-state index contributed by atoms with van der Waals surface area (Å²) in [6.45, 7) is 8.46. The third kappa shape index (κ3) is 7.62. The molecule has 4 atom stereocenters. The van der Waals surface area contributed by atoms with Crippen molar-refractivity contribution < 1.29 is 13.2 Å². The summed E-state index contributed by atoms with van der Waals surface area (Å²) in [6.07, 6.45) is 13.1. The lowest BCUT2D eigenvalue weighted by Crippen LogP contribution is -2.32. The number of rotatable bonds is 8. The average molecular weight is 665 g/mol. The van der Waals surface area contributed by atoms with Gasteiger partial charge in [-0.3, -0.25) is 0 Å². The molecule has 3 aromatic rings. The highest BCUT2D eigenvalue weighted by Gasteiger charge is 2.41. The van der Waals surface area contributed by atoms with Gasteiger partial charge in [0.25, 0.3) is 0 Å². The number of hydrogen-bond donors (Lipinski definition) is 0. The van der Waals surface area contributed by atoms with Gasteiger partial charge < -0.3 is 0 Å². The summed E-state index contributed by atoms with van der Waals surface area (Å²) < 4.78 is 42.5. The van der Waals surface area contributed by atoms with Gasteiger partial charge in [-0.1, -0.05) is 119 Å². The zero-order chi connectivity index (χ0) is 32.4. The highest BCUT2D eigenvalue weighted by atomic mass is 31.1. The Labute approximate surface area is 278 Å². The van der Waals surface area contributed by atoms with Crippen molar-refractivity contribution in [2.24, 2.45) is 5.92 Å². The second-order valence-electron chi connectivity index (χ2n) is 14.8. The Bertz CT molecular complexity index is 1430. The molecule has 46 heavy (non-hydrogen) atoms. The van der Waals surface area contributed by atoms with Crippen LogP contribution in [0.4, 0.5) is 13.2 Å². The molecule has 0 aromatic heterocycles. The van der Waals surface area contributed by atoms with Crippen LogP contribution < -0.4 is 15.9 Å². The van der Waals surface area contributed by atoms with Crippen LogP contribution in [0.15, 0.2) is 60.7 Å². The molecular weight excluding hydrogens is 611 g/mol. The number of aryl methyl sites for hydroxylation is 3. The summed E-state index contributed by atoms with van der Waals surface area (Å²) in [5.41, 5.74) is 6.16. The van der Waals surface area contributed by atoms with Crippen LogP contribution in [0.1, 0.15) is 124 Å². The van der Waals surface area contributed by atoms with Crippen molar-refractivity contribution in [2.75, 3.05) is 0 Å². The molecule has 248 valence electrons. The van der Waals surface area contributed by atoms with Gasteiger partial charge in [0, 0.05) is 0 Å². The van der Waals surface area contributed by atoms with Crippen LogP contribution in [0.3, 0.4) is 0 Å². The minimum absolute atomic E-state index is 0.220. The van der Waals surface area contributed by atoms with E-state index in [1.807, 2.05) is 6.92 Å². The molecule has 0 aliphatic heterocycles. The fourth-order valence-corrected chi connectivity index (χ4v) is 16.7. The van der Waals surface area contributed by atoms with E-state index in [1.165, 1.54) is 106 Å². The van der Waals surface area contributed by atoms with Crippen molar-refractivity contribution in [1.82, 2.24) is 0 Å². The number of hydrogen-bond acceptors (Lipinski definition) is 0. The zero-order valence-corrected chi connectivity index (χ0v) is 30.2. The average Bonchev–Trinajstić information content (AvgIpc) is 3.52. The van der Waals surface area contributed by atoms with E-state index in [0.29, 0.717) is 17.4 Å². The maximum atomic E-state index is 14.2. The van der Waals surface area contributed by atoms with Gasteiger partial charge in [-0.05, 0) is 135 Å². The molecule has 0 amide bonds. The highest BCUT2D eigenvalue weighted by Crippen LogP contribution is 2.58. The second kappa shape index (κ2) is 14.8. The summed E-state index contributed by atoms with van der Waals surface area (Å²) in [4.78, 5) is 0. The van der Waals surface area contributed by atoms with Gasteiger partial charge in [0.1, 0.15) is 0 Å². The van der Waals surface area contributed by atoms with Crippen LogP contribution in [0.5, 0.6) is 0 Å². The van der Waals surface area contributed by atoms with Gasteiger partial charge in [0.15, 0.2) is 0 Å². The van der Waals surface area contributed by atoms with Crippen molar-refractivity contribution in [3.8, 4) is 0 Å². The smallest absolute Gasteiger partial charge is 0.166 e. The molecule has 3 unspecified atom stereocenters. The topological polar surface area (TPSA) is 0 Å². The monoisotopic (exact) mass is 664 g/mol. The Morgan fingerprint density at radius 1 is 0.630 bits per heavy atom. The molecule has 0 heterocycles. The molecule has 3 aromatic carbocycles. The van der Waals surface area contributed by atoms with E-state index in [0.717, 1.165) is 23.0 Å². The maximum Gasteiger partial charge on any atom is 0.416 e. The molecule has 3 aliphatic carbocycles. The lowest BCUT2D eigenvalue weighted by Gasteiger charge is -2.41. The number of alkyl halides is 3. The first kappa shape index (κ1) is 34.2. The van der Waals surface area contributed by atoms with Crippen LogP contribution in [0.25, 0.3) is 0 Å². The van der Waals surface area contributed by atoms with Gasteiger partial charge in [0.05, 0.1) is 5.56 Å². The molecule has 3 aliphatic rings. The lowest BCUT2D eigenvalue weighted by atomic mass is 9.87. The Morgan fingerprint density at radius 3 is 1.76 bits per heavy atom. The quantitative estimate of drug-likeness (QED) is 0.210. The molecule has 0 nitrogen and oxygen atoms in total. The first-order valence-corrected chi connectivity index (χ1v) is 20.9. The largest absolute Gasteiger partial charge is 0.416 e. The van der Waals surface area contributed by atoms with Crippen LogP contribution in [0, 0.1) is 26.7 Å². The second-order valence-corrected chi connectivity index (χ2v) is 20.1. The predicted molar refractivity (Wildman–Crippen MR) is 195 cm³/mol. The molecule has 0 spiro atoms. The molecule has 0 saturated heterocycles. The number of halogens is 3. The summed E-state index contributed by atoms with van der Waals surface area (Å²) in [6, 6.07) is 21.1. The molecule has 0 N–H and O–H groups in total. The summed E-state index contributed by atoms with van der Waals surface area (Å²) in [7, 11) is -1.22. The summed E-state index contributed by atoms with van der Waals surface area (Å²) >= 11 is 0. The molecule has 6 rings (SSSR count). The molecule has 3 saturated carbocycles. The standard InChI is InChI=1S/C41H53F3P2/c1-28-22-29(2)25-35(24-28)45(36-26-30(3)23-32(27-36)41(42,43)44)31(4)37-19-13-20-38(37)39-18-11-12-21-40(39)46(33-14-7-5-8-15-33)34-16-9-6-10-17-34/h11-12,18,21-27,31,33-34,37-38H,5-10,13-17,19-20H2,1-4H3/t31-,37?,38?,45?/m1/s1. The van der Waals surface area contributed by atoms with Gasteiger partial charge in [0.2, 0.25) is 0 Å². The fourth-order valence-electron chi connectivity index (χ4n) is 9.36. The molecule has 5 heteroatoms. The molecule has 0 bridgehead atoms. The van der Waals surface area contributed by atoms with E-state index in [2.05, 4.69) is 69.3 Å². The third-order valence-electron chi connectivity index (χ3n) is 11.3. The molecular formula is C41H53F3P2. The van der Waals surface area contributed by atoms with Crippen LogP contribution in [-0.4, -0.2) is 17.0 Å². The normalized spacial score (nSPS) is 23.1. The van der Waals surface area contributed by atoms with E-state index in [-0.39, 0.29) is 13.6 Å². The Balaban J connectivity index is 1.42. The van der Waals surface area contributed by atoms with E-state index in [4.69, 9.17) is 0 Å². The van der Waals surface area contributed by atoms with Gasteiger partial charge in [-0.2, -0.15) is 13.2 Å². The van der Waals surface area contributed by atoms with Crippen molar-refractivity contribution in [1.29, 1.82) is 0 Å². The van der Waals surface area contributed by atoms with Gasteiger partial charge in [-0.15, -0.1) is 0 Å². The Hall–Kier alpha value is -1.69. The van der Waals surface area contributed by atoms with Crippen molar-refractivity contribution in [3.63, 3.8) is 0 Å². The Kier molecular flexibility index (Phi) is 11.0. The predicted octanol–water partition coefficient (Wildman–Crippen LogP) is 11.8. The van der Waals surface area contributed by atoms with E-state index in [1.54, 1.807) is 10.9 Å². The Morgan fingerprint density at radius 2 is 1.17 bits per heavy atom. The SMILES string of the molecule is Cc1cc(C)cc(P(c2cc(C)cc(C(F)(F)F)c2)[C@H](C)C2CCCC2c2ccccc2P(C2CCCCC2)C2CCCCC2)c1. The first-order valence-electron chi connectivity index (χ1n) is 18.0. The summed E-state index contributed by atoms with van der Waals surface area (Å²) in [5, 5.41) is 3.81. The molecule has 0 radical (unpaired) electrons. The van der Waals surface area contributed by atoms with Crippen LogP contribution in [-0.2, 0) is 6.18 Å². The number of benzene rings is 3. The zero-order valence-electron chi connectivity index (χ0n) is 28.4. The highest BCUT2D eigenvalue weighted by molar-refractivity contribution is 7.73. The summed E-state index contributed by atoms with van der Waals surface area (Å²) in [5.74, 6) is 0.934. The van der Waals surface area contributed by atoms with Crippen LogP contribution in [0.2, 0.25) is 0 Å².